The van der Waals surface area contributed by atoms with Crippen molar-refractivity contribution in [3.8, 4) is 0 Å². The van der Waals surface area contributed by atoms with E-state index in [0.717, 1.165) is 16.6 Å². The zero-order chi connectivity index (χ0) is 23.8. The van der Waals surface area contributed by atoms with Crippen molar-refractivity contribution in [2.45, 2.75) is 80.7 Å². The van der Waals surface area contributed by atoms with Crippen molar-refractivity contribution in [3.05, 3.63) is 30.3 Å². The summed E-state index contributed by atoms with van der Waals surface area (Å²) in [5.74, 6) is -2.76. The van der Waals surface area contributed by atoms with E-state index >= 15 is 0 Å². The van der Waals surface area contributed by atoms with Gasteiger partial charge in [-0.3, -0.25) is 0 Å². The number of carboxylic acid groups (broad SMARTS) is 1. The predicted octanol–water partition coefficient (Wildman–Crippen LogP) is 6.85. The Morgan fingerprint density at radius 3 is 1.30 bits per heavy atom. The maximum atomic E-state index is 10.6. The normalized spacial score (nSPS) is 10.5. The molecule has 10 heteroatoms. The fourth-order valence-corrected chi connectivity index (χ4v) is 7.91. The van der Waals surface area contributed by atoms with Crippen molar-refractivity contribution in [1.82, 2.24) is 0 Å². The van der Waals surface area contributed by atoms with Crippen LogP contribution in [-0.4, -0.2) is 42.4 Å². The molecule has 0 aromatic heterocycles. The largest absolute Gasteiger partial charge is 0.490 e. The smallest absolute Gasteiger partial charge is 0.475 e. The number of thioether (sulfide) groups is 1. The molecule has 180 valence electrons. The monoisotopic (exact) mass is 508 g/mol. The average molecular weight is 509 g/mol. The fraction of sp³-hybridized carbons (Fsp3) is 0.650. The predicted molar refractivity (Wildman–Crippen MR) is 135 cm³/mol. The molecule has 0 aliphatic heterocycles. The molecule has 30 heavy (non-hydrogen) atoms. The van der Waals surface area contributed by atoms with E-state index in [2.05, 4.69) is 85.2 Å². The van der Waals surface area contributed by atoms with E-state index in [9.17, 15) is 13.2 Å². The van der Waals surface area contributed by atoms with Crippen LogP contribution in [0.3, 0.4) is 0 Å². The first kappa shape index (κ1) is 37.0. The van der Waals surface area contributed by atoms with Gasteiger partial charge in [0.25, 0.3) is 0 Å². The van der Waals surface area contributed by atoms with E-state index in [1.165, 1.54) is 4.90 Å². The fourth-order valence-electron chi connectivity index (χ4n) is 2.87. The second kappa shape index (κ2) is 20.6. The standard InChI is InChI=1S/C9H22Si.C7H8S.C2HF3O2.C2H6S2.H2O/c1-7(2)10(8(3)4)9(5)6;1-8-7-5-3-2-4-6-7;3-2(4,5)1(6)7;1-2(3)4;/h7-10H,1-6H3;2-6H,1H3;(H,6,7);2-4H,1H3;1H2. The van der Waals surface area contributed by atoms with E-state index in [4.69, 9.17) is 9.90 Å². The lowest BCUT2D eigenvalue weighted by atomic mass is 10.4. The highest BCUT2D eigenvalue weighted by Gasteiger charge is 2.38. The first-order chi connectivity index (χ1) is 13.1. The molecule has 0 saturated carbocycles. The summed E-state index contributed by atoms with van der Waals surface area (Å²) in [4.78, 5) is 10.2. The average Bonchev–Trinajstić information content (AvgIpc) is 2.54. The Hall–Kier alpha value is -0.293. The van der Waals surface area contributed by atoms with Crippen LogP contribution in [0.25, 0.3) is 0 Å². The molecule has 0 aliphatic carbocycles. The third-order valence-corrected chi connectivity index (χ3v) is 8.89. The Bertz CT molecular complexity index is 493. The molecule has 0 bridgehead atoms. The SMILES string of the molecule is CC(C)[SiH](C(C)C)C(C)C.CC(S)S.CSc1ccccc1.O.O=C(O)C(F)(F)F. The molecule has 0 saturated heterocycles. The van der Waals surface area contributed by atoms with E-state index in [1.807, 2.05) is 25.1 Å². The molecule has 3 N–H and O–H groups in total. The number of carboxylic acids is 1. The zero-order valence-electron chi connectivity index (χ0n) is 19.1. The van der Waals surface area contributed by atoms with E-state index in [-0.39, 0.29) is 10.1 Å². The van der Waals surface area contributed by atoms with Gasteiger partial charge in [0.2, 0.25) is 0 Å². The van der Waals surface area contributed by atoms with Gasteiger partial charge in [0.15, 0.2) is 0 Å². The summed E-state index contributed by atoms with van der Waals surface area (Å²) in [6.45, 7) is 16.2. The van der Waals surface area contributed by atoms with Gasteiger partial charge in [-0.05, 0) is 25.3 Å². The van der Waals surface area contributed by atoms with Gasteiger partial charge in [-0.1, -0.05) is 76.4 Å². The molecule has 0 amide bonds. The topological polar surface area (TPSA) is 68.8 Å². The third-order valence-electron chi connectivity index (χ3n) is 3.53. The van der Waals surface area contributed by atoms with Crippen LogP contribution >= 0.6 is 37.0 Å². The number of rotatable bonds is 4. The van der Waals surface area contributed by atoms with E-state index in [0.29, 0.717) is 0 Å². The van der Waals surface area contributed by atoms with Crippen LogP contribution in [-0.2, 0) is 4.79 Å². The molecule has 0 radical (unpaired) electrons. The number of hydrogen-bond acceptors (Lipinski definition) is 4. The number of aliphatic carboxylic acids is 1. The Labute approximate surface area is 197 Å². The minimum atomic E-state index is -5.08. The molecule has 0 unspecified atom stereocenters. The lowest BCUT2D eigenvalue weighted by Crippen LogP contribution is -2.24. The second-order valence-corrected chi connectivity index (χ2v) is 15.3. The van der Waals surface area contributed by atoms with Crippen LogP contribution in [0, 0.1) is 0 Å². The maximum Gasteiger partial charge on any atom is 0.490 e. The Morgan fingerprint density at radius 2 is 1.20 bits per heavy atom. The zero-order valence-corrected chi connectivity index (χ0v) is 22.8. The minimum Gasteiger partial charge on any atom is -0.475 e. The number of hydrogen-bond donors (Lipinski definition) is 3. The number of thiol groups is 2. The lowest BCUT2D eigenvalue weighted by molar-refractivity contribution is -0.192. The number of benzene rings is 1. The molecule has 0 heterocycles. The summed E-state index contributed by atoms with van der Waals surface area (Å²) in [7, 11) is -0.454. The molecule has 0 fully saturated rings. The van der Waals surface area contributed by atoms with Gasteiger partial charge in [-0.2, -0.15) is 38.4 Å². The summed E-state index contributed by atoms with van der Waals surface area (Å²) < 4.78 is 32.0. The molecule has 1 aromatic rings. The van der Waals surface area contributed by atoms with Crippen LogP contribution in [0.4, 0.5) is 13.2 Å². The van der Waals surface area contributed by atoms with Crippen LogP contribution in [0.15, 0.2) is 35.2 Å². The summed E-state index contributed by atoms with van der Waals surface area (Å²) in [6.07, 6.45) is -3.00. The van der Waals surface area contributed by atoms with Gasteiger partial charge >= 0.3 is 12.1 Å². The first-order valence-corrected chi connectivity index (χ1v) is 13.6. The minimum absolute atomic E-state index is 0. The van der Waals surface area contributed by atoms with Crippen molar-refractivity contribution >= 4 is 51.8 Å². The van der Waals surface area contributed by atoms with Gasteiger partial charge in [0.1, 0.15) is 0 Å². The second-order valence-electron chi connectivity index (χ2n) is 7.26. The third kappa shape index (κ3) is 25.7. The van der Waals surface area contributed by atoms with Gasteiger partial charge in [-0.15, -0.1) is 11.8 Å². The highest BCUT2D eigenvalue weighted by atomic mass is 32.2. The van der Waals surface area contributed by atoms with Crippen LogP contribution in [0.5, 0.6) is 0 Å². The molecule has 0 atom stereocenters. The summed E-state index contributed by atoms with van der Waals surface area (Å²) in [5.41, 5.74) is 2.92. The van der Waals surface area contributed by atoms with Crippen LogP contribution in [0.1, 0.15) is 48.5 Å². The number of alkyl halides is 3. The van der Waals surface area contributed by atoms with Crippen molar-refractivity contribution in [3.63, 3.8) is 0 Å². The summed E-state index contributed by atoms with van der Waals surface area (Å²) >= 11 is 9.43. The van der Waals surface area contributed by atoms with Gasteiger partial charge in [0.05, 0.1) is 0 Å². The highest BCUT2D eigenvalue weighted by molar-refractivity contribution is 7.99. The van der Waals surface area contributed by atoms with E-state index in [1.54, 1.807) is 11.8 Å². The van der Waals surface area contributed by atoms with Crippen molar-refractivity contribution < 1.29 is 28.5 Å². The van der Waals surface area contributed by atoms with Crippen molar-refractivity contribution in [2.24, 2.45) is 0 Å². The molecule has 0 aliphatic rings. The molecular weight excluding hydrogens is 469 g/mol. The maximum absolute atomic E-state index is 10.6. The first-order valence-electron chi connectivity index (χ1n) is 9.33. The molecule has 1 rings (SSSR count). The lowest BCUT2D eigenvalue weighted by Gasteiger charge is -2.26. The van der Waals surface area contributed by atoms with Crippen LogP contribution in [0.2, 0.25) is 16.6 Å². The van der Waals surface area contributed by atoms with Crippen LogP contribution < -0.4 is 0 Å². The van der Waals surface area contributed by atoms with Crippen molar-refractivity contribution in [2.75, 3.05) is 6.26 Å². The summed E-state index contributed by atoms with van der Waals surface area (Å²) in [6, 6.07) is 10.3. The number of carbonyl (C=O) groups is 1. The molecule has 1 aromatic carbocycles. The molecule has 3 nitrogen and oxygen atoms in total. The van der Waals surface area contributed by atoms with Gasteiger partial charge in [-0.25, -0.2) is 4.79 Å². The quantitative estimate of drug-likeness (QED) is 0.180. The Kier molecular flexibility index (Phi) is 25.4. The summed E-state index contributed by atoms with van der Waals surface area (Å²) in [5, 5.41) is 7.12. The Morgan fingerprint density at radius 1 is 0.933 bits per heavy atom. The number of halogens is 3. The van der Waals surface area contributed by atoms with E-state index < -0.39 is 20.9 Å². The molecule has 0 spiro atoms. The molecular formula is C20H39F3O3S3Si. The highest BCUT2D eigenvalue weighted by Crippen LogP contribution is 2.29. The van der Waals surface area contributed by atoms with Gasteiger partial charge < -0.3 is 10.6 Å². The van der Waals surface area contributed by atoms with Crippen molar-refractivity contribution in [1.29, 1.82) is 0 Å². The van der Waals surface area contributed by atoms with Gasteiger partial charge in [0, 0.05) is 18.3 Å². The Balaban J connectivity index is -0.000000155.